The van der Waals surface area contributed by atoms with E-state index in [4.69, 9.17) is 5.84 Å². The Labute approximate surface area is 115 Å². The predicted octanol–water partition coefficient (Wildman–Crippen LogP) is 3.42. The monoisotopic (exact) mass is 281 g/mol. The van der Waals surface area contributed by atoms with Crippen LogP contribution in [-0.4, -0.2) is 11.6 Å². The minimum Gasteiger partial charge on any atom is -0.435 e. The molecule has 0 amide bonds. The van der Waals surface area contributed by atoms with E-state index in [2.05, 4.69) is 15.1 Å². The molecule has 0 aliphatic rings. The third kappa shape index (κ3) is 2.96. The molecule has 0 spiro atoms. The summed E-state index contributed by atoms with van der Waals surface area (Å²) < 4.78 is 28.9. The summed E-state index contributed by atoms with van der Waals surface area (Å²) in [6.07, 6.45) is 0. The van der Waals surface area contributed by atoms with Crippen LogP contribution in [0.25, 0.3) is 10.9 Å². The zero-order valence-corrected chi connectivity index (χ0v) is 11.6. The van der Waals surface area contributed by atoms with Gasteiger partial charge in [0.05, 0.1) is 11.2 Å². The van der Waals surface area contributed by atoms with Gasteiger partial charge in [0.2, 0.25) is 0 Å². The number of aromatic nitrogens is 1. The van der Waals surface area contributed by atoms with Gasteiger partial charge in [-0.15, -0.1) is 0 Å². The Kier molecular flexibility index (Phi) is 3.76. The number of anilines is 1. The van der Waals surface area contributed by atoms with Crippen LogP contribution in [0.15, 0.2) is 24.3 Å². The van der Waals surface area contributed by atoms with Crippen LogP contribution < -0.4 is 16.0 Å². The van der Waals surface area contributed by atoms with E-state index in [1.165, 1.54) is 12.1 Å². The highest BCUT2D eigenvalue weighted by molar-refractivity contribution is 5.92. The first kappa shape index (κ1) is 14.5. The van der Waals surface area contributed by atoms with E-state index in [0.717, 1.165) is 5.69 Å². The van der Waals surface area contributed by atoms with E-state index in [9.17, 15) is 8.78 Å². The lowest BCUT2D eigenvalue weighted by Crippen LogP contribution is -2.16. The van der Waals surface area contributed by atoms with Gasteiger partial charge in [0.15, 0.2) is 0 Å². The fourth-order valence-electron chi connectivity index (χ4n) is 1.88. The SMILES string of the molecule is CC(C)(C)c1cc(NN)c2cc(OC(F)F)ccc2n1. The number of nitrogens with one attached hydrogen (secondary N) is 1. The van der Waals surface area contributed by atoms with Crippen molar-refractivity contribution in [2.45, 2.75) is 32.8 Å². The van der Waals surface area contributed by atoms with E-state index in [1.807, 2.05) is 26.8 Å². The number of nitrogens with two attached hydrogens (primary N) is 1. The number of nitrogens with zero attached hydrogens (tertiary/aromatic N) is 1. The molecule has 3 N–H and O–H groups in total. The van der Waals surface area contributed by atoms with Crippen molar-refractivity contribution in [3.05, 3.63) is 30.0 Å². The minimum atomic E-state index is -2.86. The summed E-state index contributed by atoms with van der Waals surface area (Å²) in [5.74, 6) is 5.59. The second-order valence-electron chi connectivity index (χ2n) is 5.51. The van der Waals surface area contributed by atoms with Crippen LogP contribution in [0.3, 0.4) is 0 Å². The number of nitrogen functional groups attached to an aromatic ring is 1. The Morgan fingerprint density at radius 3 is 2.50 bits per heavy atom. The molecule has 0 saturated heterocycles. The van der Waals surface area contributed by atoms with Crippen LogP contribution in [0.1, 0.15) is 26.5 Å². The Morgan fingerprint density at radius 2 is 1.95 bits per heavy atom. The topological polar surface area (TPSA) is 60.2 Å². The van der Waals surface area contributed by atoms with Gasteiger partial charge in [0.1, 0.15) is 5.75 Å². The van der Waals surface area contributed by atoms with Crippen molar-refractivity contribution < 1.29 is 13.5 Å². The van der Waals surface area contributed by atoms with Gasteiger partial charge in [-0.25, -0.2) is 0 Å². The maximum absolute atomic E-state index is 12.2. The molecule has 20 heavy (non-hydrogen) atoms. The number of rotatable bonds is 3. The highest BCUT2D eigenvalue weighted by atomic mass is 19.3. The molecule has 108 valence electrons. The molecule has 0 aliphatic carbocycles. The smallest absolute Gasteiger partial charge is 0.387 e. The average molecular weight is 281 g/mol. The molecule has 0 atom stereocenters. The minimum absolute atomic E-state index is 0.0781. The maximum Gasteiger partial charge on any atom is 0.387 e. The zero-order valence-electron chi connectivity index (χ0n) is 11.6. The van der Waals surface area contributed by atoms with Gasteiger partial charge in [-0.05, 0) is 24.3 Å². The van der Waals surface area contributed by atoms with E-state index in [0.29, 0.717) is 16.6 Å². The second kappa shape index (κ2) is 5.20. The number of hydrazine groups is 1. The Balaban J connectivity index is 2.59. The summed E-state index contributed by atoms with van der Waals surface area (Å²) in [7, 11) is 0. The van der Waals surface area contributed by atoms with Crippen molar-refractivity contribution in [2.24, 2.45) is 5.84 Å². The molecule has 0 unspecified atom stereocenters. The number of fused-ring (bicyclic) bond motifs is 1. The number of ether oxygens (including phenoxy) is 1. The molecule has 0 aliphatic heterocycles. The molecule has 0 saturated carbocycles. The highest BCUT2D eigenvalue weighted by Gasteiger charge is 2.18. The van der Waals surface area contributed by atoms with Gasteiger partial charge in [0.25, 0.3) is 0 Å². The maximum atomic E-state index is 12.2. The molecular weight excluding hydrogens is 264 g/mol. The number of benzene rings is 1. The first-order valence-electron chi connectivity index (χ1n) is 6.18. The van der Waals surface area contributed by atoms with E-state index >= 15 is 0 Å². The highest BCUT2D eigenvalue weighted by Crippen LogP contribution is 2.31. The molecule has 0 bridgehead atoms. The lowest BCUT2D eigenvalue weighted by molar-refractivity contribution is -0.0497. The van der Waals surface area contributed by atoms with Crippen LogP contribution in [0.4, 0.5) is 14.5 Å². The molecular formula is C14H17F2N3O. The van der Waals surface area contributed by atoms with Crippen molar-refractivity contribution in [3.63, 3.8) is 0 Å². The van der Waals surface area contributed by atoms with E-state index in [1.54, 1.807) is 6.07 Å². The summed E-state index contributed by atoms with van der Waals surface area (Å²) in [4.78, 5) is 4.54. The third-order valence-corrected chi connectivity index (χ3v) is 2.93. The van der Waals surface area contributed by atoms with Gasteiger partial charge >= 0.3 is 6.61 Å². The number of hydrogen-bond acceptors (Lipinski definition) is 4. The van der Waals surface area contributed by atoms with Crippen LogP contribution in [0.2, 0.25) is 0 Å². The first-order valence-corrected chi connectivity index (χ1v) is 6.18. The molecule has 1 heterocycles. The van der Waals surface area contributed by atoms with Crippen LogP contribution in [0, 0.1) is 0 Å². The van der Waals surface area contributed by atoms with E-state index in [-0.39, 0.29) is 11.2 Å². The van der Waals surface area contributed by atoms with Crippen molar-refractivity contribution in [3.8, 4) is 5.75 Å². The number of pyridine rings is 1. The number of hydrogen-bond donors (Lipinski definition) is 2. The lowest BCUT2D eigenvalue weighted by atomic mass is 9.91. The quantitative estimate of drug-likeness (QED) is 0.668. The largest absolute Gasteiger partial charge is 0.435 e. The fraction of sp³-hybridized carbons (Fsp3) is 0.357. The van der Waals surface area contributed by atoms with Gasteiger partial charge < -0.3 is 10.2 Å². The van der Waals surface area contributed by atoms with Gasteiger partial charge in [0, 0.05) is 16.5 Å². The first-order chi connectivity index (χ1) is 9.31. The summed E-state index contributed by atoms with van der Waals surface area (Å²) >= 11 is 0. The van der Waals surface area contributed by atoms with Crippen molar-refractivity contribution in [2.75, 3.05) is 5.43 Å². The third-order valence-electron chi connectivity index (χ3n) is 2.93. The fourth-order valence-corrected chi connectivity index (χ4v) is 1.88. The lowest BCUT2D eigenvalue weighted by Gasteiger charge is -2.20. The standard InChI is InChI=1S/C14H17F2N3O/c1-14(2,3)12-7-11(19-17)9-6-8(20-13(15)16)4-5-10(9)18-12/h4-7,13H,17H2,1-3H3,(H,18,19). The summed E-state index contributed by atoms with van der Waals surface area (Å²) in [5, 5.41) is 0.638. The summed E-state index contributed by atoms with van der Waals surface area (Å²) in [5.41, 5.74) is 4.60. The molecule has 0 radical (unpaired) electrons. The Bertz CT molecular complexity index is 624. The molecule has 4 nitrogen and oxygen atoms in total. The van der Waals surface area contributed by atoms with Gasteiger partial charge in [-0.2, -0.15) is 8.78 Å². The molecule has 2 rings (SSSR count). The summed E-state index contributed by atoms with van der Waals surface area (Å²) in [6, 6.07) is 6.42. The van der Waals surface area contributed by atoms with Crippen molar-refractivity contribution >= 4 is 16.6 Å². The van der Waals surface area contributed by atoms with Gasteiger partial charge in [-0.3, -0.25) is 10.8 Å². The van der Waals surface area contributed by atoms with Gasteiger partial charge in [-0.1, -0.05) is 20.8 Å². The predicted molar refractivity (Wildman–Crippen MR) is 74.9 cm³/mol. The molecule has 1 aromatic heterocycles. The Morgan fingerprint density at radius 1 is 1.25 bits per heavy atom. The van der Waals surface area contributed by atoms with Crippen molar-refractivity contribution in [1.29, 1.82) is 0 Å². The molecule has 2 aromatic rings. The van der Waals surface area contributed by atoms with Crippen LogP contribution >= 0.6 is 0 Å². The normalized spacial score (nSPS) is 11.9. The molecule has 6 heteroatoms. The molecule has 0 fully saturated rings. The van der Waals surface area contributed by atoms with Crippen LogP contribution in [0.5, 0.6) is 5.75 Å². The number of halogens is 2. The zero-order chi connectivity index (χ0) is 14.9. The number of alkyl halides is 2. The molecule has 1 aromatic carbocycles. The van der Waals surface area contributed by atoms with Crippen molar-refractivity contribution in [1.82, 2.24) is 4.98 Å². The average Bonchev–Trinajstić information content (AvgIpc) is 2.35. The van der Waals surface area contributed by atoms with E-state index < -0.39 is 6.61 Å². The Hall–Kier alpha value is -1.95. The second-order valence-corrected chi connectivity index (χ2v) is 5.51. The summed E-state index contributed by atoms with van der Waals surface area (Å²) in [6.45, 7) is 3.25. The van der Waals surface area contributed by atoms with Crippen LogP contribution in [-0.2, 0) is 5.41 Å².